The van der Waals surface area contributed by atoms with Gasteiger partial charge < -0.3 is 14.9 Å². The second-order valence-electron chi connectivity index (χ2n) is 8.77. The van der Waals surface area contributed by atoms with Crippen LogP contribution in [-0.4, -0.2) is 33.4 Å². The highest BCUT2D eigenvalue weighted by molar-refractivity contribution is 5.86. The zero-order valence-electron chi connectivity index (χ0n) is 16.9. The molecule has 5 nitrogen and oxygen atoms in total. The molecule has 0 saturated carbocycles. The molecular formula is C20H38O5. The first kappa shape index (κ1) is 24.1. The van der Waals surface area contributed by atoms with Crippen molar-refractivity contribution in [2.45, 2.75) is 104 Å². The molecule has 0 aromatic heterocycles. The molecule has 0 rings (SSSR count). The molecule has 0 radical (unpaired) electrons. The SMILES string of the molecule is CC(C)CCCC(C)(O)CC(=O)OC(=O)CC(C)(O)CCCC(C)C. The zero-order valence-corrected chi connectivity index (χ0v) is 16.9. The monoisotopic (exact) mass is 358 g/mol. The lowest BCUT2D eigenvalue weighted by Gasteiger charge is -2.24. The van der Waals surface area contributed by atoms with Crippen molar-refractivity contribution in [3.8, 4) is 0 Å². The fraction of sp³-hybridized carbons (Fsp3) is 0.900. The van der Waals surface area contributed by atoms with E-state index in [-0.39, 0.29) is 12.8 Å². The van der Waals surface area contributed by atoms with Gasteiger partial charge in [-0.15, -0.1) is 0 Å². The summed E-state index contributed by atoms with van der Waals surface area (Å²) >= 11 is 0. The van der Waals surface area contributed by atoms with Crippen LogP contribution in [0, 0.1) is 11.8 Å². The summed E-state index contributed by atoms with van der Waals surface area (Å²) in [6, 6.07) is 0. The average Bonchev–Trinajstić information content (AvgIpc) is 2.34. The van der Waals surface area contributed by atoms with Gasteiger partial charge in [0.05, 0.1) is 24.0 Å². The van der Waals surface area contributed by atoms with E-state index in [1.807, 2.05) is 0 Å². The molecule has 0 spiro atoms. The number of carbonyl (C=O) groups is 2. The number of aliphatic hydroxyl groups is 2. The third-order valence-corrected chi connectivity index (χ3v) is 4.27. The first-order valence-electron chi connectivity index (χ1n) is 9.51. The molecule has 0 bridgehead atoms. The molecule has 148 valence electrons. The fourth-order valence-corrected chi connectivity index (χ4v) is 2.78. The van der Waals surface area contributed by atoms with E-state index in [2.05, 4.69) is 27.7 Å². The predicted octanol–water partition coefficient (Wildman–Crippen LogP) is 3.99. The van der Waals surface area contributed by atoms with Crippen LogP contribution in [0.3, 0.4) is 0 Å². The van der Waals surface area contributed by atoms with Crippen LogP contribution >= 0.6 is 0 Å². The van der Waals surface area contributed by atoms with Gasteiger partial charge in [-0.2, -0.15) is 0 Å². The van der Waals surface area contributed by atoms with Gasteiger partial charge in [-0.1, -0.05) is 53.4 Å². The van der Waals surface area contributed by atoms with Gasteiger partial charge in [-0.05, 0) is 38.5 Å². The Hall–Kier alpha value is -0.940. The summed E-state index contributed by atoms with van der Waals surface area (Å²) in [6.07, 6.45) is 4.13. The Morgan fingerprint density at radius 2 is 1.12 bits per heavy atom. The van der Waals surface area contributed by atoms with Crippen LogP contribution in [0.15, 0.2) is 0 Å². The van der Waals surface area contributed by atoms with Crippen molar-refractivity contribution in [1.29, 1.82) is 0 Å². The molecule has 0 aliphatic carbocycles. The Kier molecular flexibility index (Phi) is 10.5. The lowest BCUT2D eigenvalue weighted by Crippen LogP contribution is -2.33. The van der Waals surface area contributed by atoms with Crippen LogP contribution in [0.25, 0.3) is 0 Å². The lowest BCUT2D eigenvalue weighted by atomic mass is 9.92. The number of hydrogen-bond donors (Lipinski definition) is 2. The van der Waals surface area contributed by atoms with Gasteiger partial charge in [0, 0.05) is 0 Å². The Morgan fingerprint density at radius 3 is 1.40 bits per heavy atom. The molecule has 0 fully saturated rings. The van der Waals surface area contributed by atoms with Crippen molar-refractivity contribution in [2.24, 2.45) is 11.8 Å². The van der Waals surface area contributed by atoms with Gasteiger partial charge >= 0.3 is 11.9 Å². The molecule has 0 heterocycles. The van der Waals surface area contributed by atoms with Gasteiger partial charge in [-0.25, -0.2) is 0 Å². The van der Waals surface area contributed by atoms with Crippen molar-refractivity contribution in [3.05, 3.63) is 0 Å². The lowest BCUT2D eigenvalue weighted by molar-refractivity contribution is -0.165. The summed E-state index contributed by atoms with van der Waals surface area (Å²) in [5.74, 6) is -0.389. The Labute approximate surface area is 153 Å². The second kappa shape index (κ2) is 10.9. The average molecular weight is 359 g/mol. The number of esters is 2. The summed E-state index contributed by atoms with van der Waals surface area (Å²) in [5.41, 5.74) is -2.35. The molecule has 0 aliphatic heterocycles. The van der Waals surface area contributed by atoms with Crippen LogP contribution in [0.1, 0.15) is 92.9 Å². The highest BCUT2D eigenvalue weighted by atomic mass is 16.6. The predicted molar refractivity (Wildman–Crippen MR) is 99.0 cm³/mol. The number of ether oxygens (including phenoxy) is 1. The van der Waals surface area contributed by atoms with Crippen LogP contribution in [0.4, 0.5) is 0 Å². The maximum Gasteiger partial charge on any atom is 0.316 e. The normalized spacial score (nSPS) is 16.6. The third kappa shape index (κ3) is 14.0. The van der Waals surface area contributed by atoms with Crippen molar-refractivity contribution in [2.75, 3.05) is 0 Å². The van der Waals surface area contributed by atoms with Gasteiger partial charge in [0.2, 0.25) is 0 Å². The minimum Gasteiger partial charge on any atom is -0.393 e. The van der Waals surface area contributed by atoms with Crippen molar-refractivity contribution in [3.63, 3.8) is 0 Å². The summed E-state index contributed by atoms with van der Waals surface area (Å²) in [7, 11) is 0. The van der Waals surface area contributed by atoms with Gasteiger partial charge in [-0.3, -0.25) is 9.59 Å². The van der Waals surface area contributed by atoms with Crippen molar-refractivity contribution >= 4 is 11.9 Å². The van der Waals surface area contributed by atoms with Gasteiger partial charge in [0.15, 0.2) is 0 Å². The quantitative estimate of drug-likeness (QED) is 0.407. The third-order valence-electron chi connectivity index (χ3n) is 4.27. The molecule has 25 heavy (non-hydrogen) atoms. The van der Waals surface area contributed by atoms with Crippen molar-refractivity contribution in [1.82, 2.24) is 0 Å². The highest BCUT2D eigenvalue weighted by Crippen LogP contribution is 2.22. The first-order valence-corrected chi connectivity index (χ1v) is 9.51. The number of hydrogen-bond acceptors (Lipinski definition) is 5. The molecule has 2 unspecified atom stereocenters. The maximum absolute atomic E-state index is 11.9. The van der Waals surface area contributed by atoms with E-state index in [1.165, 1.54) is 0 Å². The first-order chi connectivity index (χ1) is 11.3. The summed E-state index contributed by atoms with van der Waals surface area (Å²) in [6.45, 7) is 11.6. The van der Waals surface area contributed by atoms with E-state index in [9.17, 15) is 19.8 Å². The smallest absolute Gasteiger partial charge is 0.316 e. The van der Waals surface area contributed by atoms with E-state index in [0.29, 0.717) is 24.7 Å². The highest BCUT2D eigenvalue weighted by Gasteiger charge is 2.29. The molecule has 2 atom stereocenters. The Bertz CT molecular complexity index is 372. The molecular weight excluding hydrogens is 320 g/mol. The maximum atomic E-state index is 11.9. The minimum absolute atomic E-state index is 0.216. The van der Waals surface area contributed by atoms with Gasteiger partial charge in [0.25, 0.3) is 0 Å². The zero-order chi connectivity index (χ0) is 19.7. The number of rotatable bonds is 12. The molecule has 0 aliphatic rings. The summed E-state index contributed by atoms with van der Waals surface area (Å²) < 4.78 is 4.78. The van der Waals surface area contributed by atoms with E-state index >= 15 is 0 Å². The van der Waals surface area contributed by atoms with E-state index in [0.717, 1.165) is 25.7 Å². The molecule has 0 saturated heterocycles. The van der Waals surface area contributed by atoms with Crippen LogP contribution < -0.4 is 0 Å². The molecule has 0 aromatic rings. The summed E-state index contributed by atoms with van der Waals surface area (Å²) in [5, 5.41) is 20.5. The summed E-state index contributed by atoms with van der Waals surface area (Å²) in [4.78, 5) is 23.7. The Morgan fingerprint density at radius 1 is 0.800 bits per heavy atom. The molecule has 0 aromatic carbocycles. The number of carbonyl (C=O) groups excluding carboxylic acids is 2. The standard InChI is InChI=1S/C20H38O5/c1-15(2)9-7-11-19(5,23)13-17(21)25-18(22)14-20(6,24)12-8-10-16(3)4/h15-16,23-24H,7-14H2,1-6H3. The second-order valence-corrected chi connectivity index (χ2v) is 8.77. The fourth-order valence-electron chi connectivity index (χ4n) is 2.78. The van der Waals surface area contributed by atoms with Crippen LogP contribution in [-0.2, 0) is 14.3 Å². The van der Waals surface area contributed by atoms with Gasteiger partial charge in [0.1, 0.15) is 0 Å². The van der Waals surface area contributed by atoms with Crippen molar-refractivity contribution < 1.29 is 24.5 Å². The van der Waals surface area contributed by atoms with E-state index < -0.39 is 23.1 Å². The molecule has 2 N–H and O–H groups in total. The van der Waals surface area contributed by atoms with E-state index in [4.69, 9.17) is 4.74 Å². The Balaban J connectivity index is 4.25. The topological polar surface area (TPSA) is 83.8 Å². The van der Waals surface area contributed by atoms with Crippen LogP contribution in [0.2, 0.25) is 0 Å². The molecule has 0 amide bonds. The molecule has 5 heteroatoms. The largest absolute Gasteiger partial charge is 0.393 e. The van der Waals surface area contributed by atoms with Crippen LogP contribution in [0.5, 0.6) is 0 Å². The minimum atomic E-state index is -1.17. The van der Waals surface area contributed by atoms with E-state index in [1.54, 1.807) is 13.8 Å².